The van der Waals surface area contributed by atoms with Gasteiger partial charge in [0.1, 0.15) is 0 Å². The normalized spacial score (nSPS) is 26.0. The van der Waals surface area contributed by atoms with Crippen LogP contribution in [0.15, 0.2) is 24.3 Å². The molecule has 2 heterocycles. The minimum Gasteiger partial charge on any atom is -0.316 e. The van der Waals surface area contributed by atoms with Crippen LogP contribution in [0.4, 0.5) is 5.69 Å². The highest BCUT2D eigenvalue weighted by molar-refractivity contribution is 5.97. The van der Waals surface area contributed by atoms with Crippen LogP contribution in [-0.2, 0) is 4.79 Å². The molecule has 0 aliphatic carbocycles. The van der Waals surface area contributed by atoms with Crippen LogP contribution in [0, 0.1) is 6.92 Å². The van der Waals surface area contributed by atoms with Crippen molar-refractivity contribution in [3.63, 3.8) is 0 Å². The predicted octanol–water partition coefficient (Wildman–Crippen LogP) is 2.60. The number of nitrogens with one attached hydrogen (secondary N) is 1. The number of amides is 1. The maximum absolute atomic E-state index is 13.0. The number of piperidine rings is 2. The van der Waals surface area contributed by atoms with Gasteiger partial charge in [-0.25, -0.2) is 0 Å². The Bertz CT molecular complexity index is 520. The summed E-state index contributed by atoms with van der Waals surface area (Å²) in [6.45, 7) is 4.98. The van der Waals surface area contributed by atoms with Gasteiger partial charge in [0.2, 0.25) is 5.91 Å². The van der Waals surface area contributed by atoms with Crippen LogP contribution < -0.4 is 10.2 Å². The molecular formula is C18H28ClN3O. The molecule has 2 fully saturated rings. The van der Waals surface area contributed by atoms with Crippen molar-refractivity contribution in [3.05, 3.63) is 29.8 Å². The molecule has 1 aromatic rings. The van der Waals surface area contributed by atoms with Gasteiger partial charge in [-0.1, -0.05) is 17.7 Å². The monoisotopic (exact) mass is 337 g/mol. The number of likely N-dealkylation sites (N-methyl/N-ethyl adjacent to an activating group) is 1. The molecule has 2 aliphatic heterocycles. The molecule has 0 aromatic heterocycles. The molecule has 4 nitrogen and oxygen atoms in total. The van der Waals surface area contributed by atoms with E-state index in [1.165, 1.54) is 18.4 Å². The molecular weight excluding hydrogens is 310 g/mol. The lowest BCUT2D eigenvalue weighted by Crippen LogP contribution is -2.57. The van der Waals surface area contributed by atoms with E-state index in [-0.39, 0.29) is 24.4 Å². The first-order valence-electron chi connectivity index (χ1n) is 8.48. The molecule has 128 valence electrons. The Kier molecular flexibility index (Phi) is 6.45. The van der Waals surface area contributed by atoms with E-state index in [4.69, 9.17) is 0 Å². The summed E-state index contributed by atoms with van der Waals surface area (Å²) in [5.41, 5.74) is 2.28. The van der Waals surface area contributed by atoms with E-state index in [2.05, 4.69) is 41.4 Å². The van der Waals surface area contributed by atoms with Crippen molar-refractivity contribution in [1.29, 1.82) is 0 Å². The van der Waals surface area contributed by atoms with E-state index in [9.17, 15) is 4.79 Å². The number of aryl methyl sites for hydroxylation is 1. The molecule has 2 atom stereocenters. The van der Waals surface area contributed by atoms with Crippen LogP contribution >= 0.6 is 12.4 Å². The zero-order chi connectivity index (χ0) is 15.5. The van der Waals surface area contributed by atoms with Crippen LogP contribution in [0.2, 0.25) is 0 Å². The fourth-order valence-electron chi connectivity index (χ4n) is 3.70. The molecule has 2 unspecified atom stereocenters. The first kappa shape index (κ1) is 18.2. The largest absolute Gasteiger partial charge is 0.316 e. The summed E-state index contributed by atoms with van der Waals surface area (Å²) in [5.74, 6) is 0.284. The summed E-state index contributed by atoms with van der Waals surface area (Å²) >= 11 is 0. The fraction of sp³-hybridized carbons (Fsp3) is 0.611. The number of carbonyl (C=O) groups excluding carboxylic acids is 1. The Balaban J connectivity index is 0.00000192. The topological polar surface area (TPSA) is 35.6 Å². The van der Waals surface area contributed by atoms with Crippen LogP contribution in [0.25, 0.3) is 0 Å². The summed E-state index contributed by atoms with van der Waals surface area (Å²) in [4.78, 5) is 17.3. The Morgan fingerprint density at radius 3 is 2.48 bits per heavy atom. The molecule has 0 bridgehead atoms. The maximum Gasteiger partial charge on any atom is 0.244 e. The first-order chi connectivity index (χ1) is 10.7. The van der Waals surface area contributed by atoms with Crippen molar-refractivity contribution in [2.75, 3.05) is 31.6 Å². The number of anilines is 1. The van der Waals surface area contributed by atoms with E-state index in [0.717, 1.165) is 38.2 Å². The first-order valence-corrected chi connectivity index (χ1v) is 8.48. The number of benzene rings is 1. The van der Waals surface area contributed by atoms with Gasteiger partial charge >= 0.3 is 0 Å². The van der Waals surface area contributed by atoms with Gasteiger partial charge in [-0.15, -0.1) is 12.4 Å². The van der Waals surface area contributed by atoms with Crippen LogP contribution in [0.3, 0.4) is 0 Å². The smallest absolute Gasteiger partial charge is 0.244 e. The number of hydrogen-bond donors (Lipinski definition) is 1. The molecule has 1 amide bonds. The number of rotatable bonds is 3. The molecule has 0 radical (unpaired) electrons. The standard InChI is InChI=1S/C18H27N3O.ClH/c1-14-7-9-16(10-8-14)21-12-4-6-17(18(21)22)20-11-3-5-15(13-20)19-2;/h7-10,15,17,19H,3-6,11-13H2,1-2H3;1H. The summed E-state index contributed by atoms with van der Waals surface area (Å²) in [7, 11) is 2.02. The summed E-state index contributed by atoms with van der Waals surface area (Å²) < 4.78 is 0. The van der Waals surface area contributed by atoms with Crippen LogP contribution in [0.1, 0.15) is 31.2 Å². The fourth-order valence-corrected chi connectivity index (χ4v) is 3.70. The van der Waals surface area contributed by atoms with Gasteiger partial charge in [-0.2, -0.15) is 0 Å². The second kappa shape index (κ2) is 8.13. The molecule has 1 aromatic carbocycles. The average Bonchev–Trinajstić information content (AvgIpc) is 2.56. The van der Waals surface area contributed by atoms with E-state index < -0.39 is 0 Å². The van der Waals surface area contributed by atoms with Crippen LogP contribution in [0.5, 0.6) is 0 Å². The summed E-state index contributed by atoms with van der Waals surface area (Å²) in [6.07, 6.45) is 4.48. The average molecular weight is 338 g/mol. The Morgan fingerprint density at radius 1 is 1.09 bits per heavy atom. The zero-order valence-corrected chi connectivity index (χ0v) is 14.9. The van der Waals surface area contributed by atoms with Crippen molar-refractivity contribution in [2.45, 2.75) is 44.7 Å². The second-order valence-corrected chi connectivity index (χ2v) is 6.61. The molecule has 5 heteroatoms. The SMILES string of the molecule is CNC1CCCN(C2CCCN(c3ccc(C)cc3)C2=O)C1.Cl. The molecule has 2 aliphatic rings. The van der Waals surface area contributed by atoms with Crippen LogP contribution in [-0.4, -0.2) is 49.6 Å². The minimum atomic E-state index is 0. The van der Waals surface area contributed by atoms with Crippen molar-refractivity contribution in [1.82, 2.24) is 10.2 Å². The number of carbonyl (C=O) groups is 1. The number of hydrogen-bond acceptors (Lipinski definition) is 3. The van der Waals surface area contributed by atoms with Gasteiger partial charge in [0.25, 0.3) is 0 Å². The summed E-state index contributed by atoms with van der Waals surface area (Å²) in [6, 6.07) is 8.90. The van der Waals surface area contributed by atoms with Crippen molar-refractivity contribution in [2.24, 2.45) is 0 Å². The third-order valence-corrected chi connectivity index (χ3v) is 5.06. The lowest BCUT2D eigenvalue weighted by Gasteiger charge is -2.42. The number of nitrogens with zero attached hydrogens (tertiary/aromatic N) is 2. The predicted molar refractivity (Wildman–Crippen MR) is 97.5 cm³/mol. The van der Waals surface area contributed by atoms with E-state index in [1.807, 2.05) is 11.9 Å². The minimum absolute atomic E-state index is 0. The molecule has 0 spiro atoms. The summed E-state index contributed by atoms with van der Waals surface area (Å²) in [5, 5.41) is 3.37. The van der Waals surface area contributed by atoms with Crippen molar-refractivity contribution >= 4 is 24.0 Å². The van der Waals surface area contributed by atoms with E-state index >= 15 is 0 Å². The van der Waals surface area contributed by atoms with Gasteiger partial charge in [0.15, 0.2) is 0 Å². The molecule has 3 rings (SSSR count). The molecule has 0 saturated carbocycles. The lowest BCUT2D eigenvalue weighted by molar-refractivity contribution is -0.126. The van der Waals surface area contributed by atoms with Gasteiger partial charge in [-0.3, -0.25) is 9.69 Å². The third kappa shape index (κ3) is 4.06. The number of likely N-dealkylation sites (tertiary alicyclic amines) is 1. The Hall–Kier alpha value is -1.10. The highest BCUT2D eigenvalue weighted by Gasteiger charge is 2.35. The highest BCUT2D eigenvalue weighted by Crippen LogP contribution is 2.26. The molecule has 1 N–H and O–H groups in total. The van der Waals surface area contributed by atoms with Gasteiger partial charge < -0.3 is 10.2 Å². The Morgan fingerprint density at radius 2 is 1.78 bits per heavy atom. The van der Waals surface area contributed by atoms with Gasteiger partial charge in [0.05, 0.1) is 6.04 Å². The lowest BCUT2D eigenvalue weighted by atomic mass is 9.97. The molecule has 23 heavy (non-hydrogen) atoms. The van der Waals surface area contributed by atoms with E-state index in [0.29, 0.717) is 6.04 Å². The van der Waals surface area contributed by atoms with Crippen molar-refractivity contribution < 1.29 is 4.79 Å². The highest BCUT2D eigenvalue weighted by atomic mass is 35.5. The number of halogens is 1. The van der Waals surface area contributed by atoms with E-state index in [1.54, 1.807) is 0 Å². The molecule has 2 saturated heterocycles. The van der Waals surface area contributed by atoms with Gasteiger partial charge in [0, 0.05) is 24.8 Å². The quantitative estimate of drug-likeness (QED) is 0.921. The van der Waals surface area contributed by atoms with Crippen molar-refractivity contribution in [3.8, 4) is 0 Å². The maximum atomic E-state index is 13.0. The third-order valence-electron chi connectivity index (χ3n) is 5.06. The Labute approximate surface area is 145 Å². The second-order valence-electron chi connectivity index (χ2n) is 6.61. The zero-order valence-electron chi connectivity index (χ0n) is 14.1. The van der Waals surface area contributed by atoms with Gasteiger partial charge in [-0.05, 0) is 58.3 Å².